The minimum absolute atomic E-state index is 0.229. The van der Waals surface area contributed by atoms with E-state index in [-0.39, 0.29) is 18.5 Å². The zero-order valence-electron chi connectivity index (χ0n) is 15.1. The molecule has 0 radical (unpaired) electrons. The van der Waals surface area contributed by atoms with Crippen LogP contribution in [0.1, 0.15) is 45.1 Å². The first-order valence-corrected chi connectivity index (χ1v) is 9.13. The molecule has 0 aliphatic carbocycles. The third-order valence-corrected chi connectivity index (χ3v) is 4.99. The monoisotopic (exact) mass is 333 g/mol. The molecular formula is C19H31N3O2. The van der Waals surface area contributed by atoms with E-state index < -0.39 is 6.10 Å². The quantitative estimate of drug-likeness (QED) is 0.715. The summed E-state index contributed by atoms with van der Waals surface area (Å²) >= 11 is 0. The SMILES string of the molecule is CCC(CC)C(O)CNC(=O)Nc1ccc(N2CCCC2)cc1C. The number of aliphatic hydroxyl groups is 1. The number of nitrogens with zero attached hydrogens (tertiary/aromatic N) is 1. The van der Waals surface area contributed by atoms with Gasteiger partial charge in [-0.15, -0.1) is 0 Å². The van der Waals surface area contributed by atoms with Gasteiger partial charge in [0.1, 0.15) is 0 Å². The Morgan fingerprint density at radius 1 is 1.25 bits per heavy atom. The van der Waals surface area contributed by atoms with Crippen LogP contribution in [0.25, 0.3) is 0 Å². The molecule has 1 unspecified atom stereocenters. The van der Waals surface area contributed by atoms with Gasteiger partial charge in [-0.25, -0.2) is 4.79 Å². The number of carbonyl (C=O) groups excluding carboxylic acids is 1. The molecule has 134 valence electrons. The van der Waals surface area contributed by atoms with E-state index in [4.69, 9.17) is 0 Å². The number of hydrogen-bond acceptors (Lipinski definition) is 3. The van der Waals surface area contributed by atoms with Crippen LogP contribution in [0.4, 0.5) is 16.2 Å². The molecule has 24 heavy (non-hydrogen) atoms. The van der Waals surface area contributed by atoms with Crippen molar-refractivity contribution in [2.24, 2.45) is 5.92 Å². The summed E-state index contributed by atoms with van der Waals surface area (Å²) in [5.41, 5.74) is 3.09. The molecule has 1 fully saturated rings. The Balaban J connectivity index is 1.87. The van der Waals surface area contributed by atoms with E-state index in [0.717, 1.165) is 37.2 Å². The minimum atomic E-state index is -0.496. The molecule has 1 heterocycles. The average Bonchev–Trinajstić information content (AvgIpc) is 3.10. The highest BCUT2D eigenvalue weighted by atomic mass is 16.3. The average molecular weight is 333 g/mol. The summed E-state index contributed by atoms with van der Waals surface area (Å²) in [6.07, 6.45) is 3.83. The van der Waals surface area contributed by atoms with Gasteiger partial charge in [-0.2, -0.15) is 0 Å². The highest BCUT2D eigenvalue weighted by molar-refractivity contribution is 5.90. The lowest BCUT2D eigenvalue weighted by Crippen LogP contribution is -2.38. The molecule has 1 aliphatic rings. The van der Waals surface area contributed by atoms with E-state index in [2.05, 4.69) is 41.5 Å². The van der Waals surface area contributed by atoms with Gasteiger partial charge in [-0.05, 0) is 49.4 Å². The van der Waals surface area contributed by atoms with Gasteiger partial charge >= 0.3 is 6.03 Å². The highest BCUT2D eigenvalue weighted by Gasteiger charge is 2.17. The minimum Gasteiger partial charge on any atom is -0.391 e. The van der Waals surface area contributed by atoms with Crippen molar-refractivity contribution in [1.82, 2.24) is 5.32 Å². The fourth-order valence-corrected chi connectivity index (χ4v) is 3.32. The van der Waals surface area contributed by atoms with E-state index >= 15 is 0 Å². The second-order valence-electron chi connectivity index (χ2n) is 6.67. The summed E-state index contributed by atoms with van der Waals surface area (Å²) in [4.78, 5) is 14.4. The van der Waals surface area contributed by atoms with Crippen LogP contribution in [-0.4, -0.2) is 36.9 Å². The summed E-state index contributed by atoms with van der Waals surface area (Å²) in [6, 6.07) is 5.88. The molecular weight excluding hydrogens is 302 g/mol. The van der Waals surface area contributed by atoms with Crippen molar-refractivity contribution in [1.29, 1.82) is 0 Å². The van der Waals surface area contributed by atoms with Crippen molar-refractivity contribution in [2.75, 3.05) is 29.9 Å². The van der Waals surface area contributed by atoms with Gasteiger partial charge in [-0.1, -0.05) is 26.7 Å². The molecule has 1 aliphatic heterocycles. The molecule has 0 aromatic heterocycles. The number of hydrogen-bond donors (Lipinski definition) is 3. The van der Waals surface area contributed by atoms with Crippen molar-refractivity contribution in [3.8, 4) is 0 Å². The lowest BCUT2D eigenvalue weighted by atomic mass is 9.97. The Kier molecular flexibility index (Phi) is 6.91. The second kappa shape index (κ2) is 8.92. The number of rotatable bonds is 7. The van der Waals surface area contributed by atoms with Crippen LogP contribution in [0.2, 0.25) is 0 Å². The third-order valence-electron chi connectivity index (χ3n) is 4.99. The molecule has 2 rings (SSSR count). The van der Waals surface area contributed by atoms with Crippen molar-refractivity contribution < 1.29 is 9.90 Å². The molecule has 0 saturated carbocycles. The predicted octanol–water partition coefficient (Wildman–Crippen LogP) is 3.51. The van der Waals surface area contributed by atoms with E-state index in [9.17, 15) is 9.90 Å². The summed E-state index contributed by atoms with van der Waals surface area (Å²) in [7, 11) is 0. The van der Waals surface area contributed by atoms with Crippen LogP contribution in [0.15, 0.2) is 18.2 Å². The van der Waals surface area contributed by atoms with E-state index in [1.807, 2.05) is 13.0 Å². The van der Waals surface area contributed by atoms with Gasteiger partial charge in [0, 0.05) is 31.0 Å². The first-order chi connectivity index (χ1) is 11.5. The molecule has 1 atom stereocenters. The maximum Gasteiger partial charge on any atom is 0.319 e. The Morgan fingerprint density at radius 3 is 2.50 bits per heavy atom. The zero-order chi connectivity index (χ0) is 17.5. The van der Waals surface area contributed by atoms with Crippen LogP contribution in [0, 0.1) is 12.8 Å². The summed E-state index contributed by atoms with van der Waals surface area (Å²) in [5.74, 6) is 0.229. The largest absolute Gasteiger partial charge is 0.391 e. The number of nitrogens with one attached hydrogen (secondary N) is 2. The third kappa shape index (κ3) is 4.87. The molecule has 5 nitrogen and oxygen atoms in total. The fraction of sp³-hybridized carbons (Fsp3) is 0.632. The van der Waals surface area contributed by atoms with Crippen LogP contribution in [0.5, 0.6) is 0 Å². The first kappa shape index (κ1) is 18.6. The van der Waals surface area contributed by atoms with Crippen LogP contribution >= 0.6 is 0 Å². The Labute approximate surface area is 145 Å². The maximum atomic E-state index is 12.1. The van der Waals surface area contributed by atoms with Gasteiger partial charge in [-0.3, -0.25) is 0 Å². The number of anilines is 2. The lowest BCUT2D eigenvalue weighted by Gasteiger charge is -2.21. The standard InChI is InChI=1S/C19H31N3O2/c1-4-15(5-2)18(23)13-20-19(24)21-17-9-8-16(12-14(17)3)22-10-6-7-11-22/h8-9,12,15,18,23H,4-7,10-11,13H2,1-3H3,(H2,20,21,24). The topological polar surface area (TPSA) is 64.6 Å². The number of carbonyl (C=O) groups is 1. The van der Waals surface area contributed by atoms with Crippen molar-refractivity contribution in [3.05, 3.63) is 23.8 Å². The van der Waals surface area contributed by atoms with Crippen LogP contribution in [-0.2, 0) is 0 Å². The summed E-state index contributed by atoms with van der Waals surface area (Å²) < 4.78 is 0. The highest BCUT2D eigenvalue weighted by Crippen LogP contribution is 2.25. The van der Waals surface area contributed by atoms with Gasteiger partial charge < -0.3 is 20.6 Å². The normalized spacial score (nSPS) is 15.6. The van der Waals surface area contributed by atoms with Gasteiger partial charge in [0.2, 0.25) is 0 Å². The number of aryl methyl sites for hydroxylation is 1. The number of benzene rings is 1. The lowest BCUT2D eigenvalue weighted by molar-refractivity contribution is 0.104. The number of aliphatic hydroxyl groups excluding tert-OH is 1. The Hall–Kier alpha value is -1.75. The van der Waals surface area contributed by atoms with E-state index in [1.54, 1.807) is 0 Å². The van der Waals surface area contributed by atoms with E-state index in [1.165, 1.54) is 18.5 Å². The molecule has 3 N–H and O–H groups in total. The van der Waals surface area contributed by atoms with Crippen molar-refractivity contribution in [2.45, 2.75) is 52.6 Å². The van der Waals surface area contributed by atoms with Gasteiger partial charge in [0.15, 0.2) is 0 Å². The summed E-state index contributed by atoms with van der Waals surface area (Å²) in [6.45, 7) is 8.63. The predicted molar refractivity (Wildman–Crippen MR) is 99.7 cm³/mol. The molecule has 5 heteroatoms. The molecule has 0 bridgehead atoms. The Bertz CT molecular complexity index is 537. The van der Waals surface area contributed by atoms with Gasteiger partial charge in [0.25, 0.3) is 0 Å². The molecule has 1 aromatic carbocycles. The van der Waals surface area contributed by atoms with Crippen molar-refractivity contribution >= 4 is 17.4 Å². The van der Waals surface area contributed by atoms with Crippen molar-refractivity contribution in [3.63, 3.8) is 0 Å². The maximum absolute atomic E-state index is 12.1. The fourth-order valence-electron chi connectivity index (χ4n) is 3.32. The first-order valence-electron chi connectivity index (χ1n) is 9.13. The van der Waals surface area contributed by atoms with Crippen LogP contribution < -0.4 is 15.5 Å². The molecule has 2 amide bonds. The number of urea groups is 1. The van der Waals surface area contributed by atoms with Crippen LogP contribution in [0.3, 0.4) is 0 Å². The molecule has 1 saturated heterocycles. The summed E-state index contributed by atoms with van der Waals surface area (Å²) in [5, 5.41) is 15.7. The molecule has 1 aromatic rings. The second-order valence-corrected chi connectivity index (χ2v) is 6.67. The number of amides is 2. The Morgan fingerprint density at radius 2 is 1.92 bits per heavy atom. The smallest absolute Gasteiger partial charge is 0.319 e. The van der Waals surface area contributed by atoms with E-state index in [0.29, 0.717) is 0 Å². The molecule has 0 spiro atoms. The van der Waals surface area contributed by atoms with Gasteiger partial charge in [0.05, 0.1) is 6.10 Å². The zero-order valence-corrected chi connectivity index (χ0v) is 15.1.